The molecule has 0 atom stereocenters. The molecule has 4 nitrogen and oxygen atoms in total. The molecule has 1 aromatic carbocycles. The molecule has 1 fully saturated rings. The predicted molar refractivity (Wildman–Crippen MR) is 85.1 cm³/mol. The minimum atomic E-state index is -0.527. The van der Waals surface area contributed by atoms with Crippen LogP contribution in [0.2, 0.25) is 0 Å². The lowest BCUT2D eigenvalue weighted by molar-refractivity contribution is 0.0248. The lowest BCUT2D eigenvalue weighted by Crippen LogP contribution is -2.40. The van der Waals surface area contributed by atoms with Crippen molar-refractivity contribution in [2.24, 2.45) is 7.05 Å². The van der Waals surface area contributed by atoms with Crippen LogP contribution in [0.25, 0.3) is 11.0 Å². The molecule has 114 valence electrons. The van der Waals surface area contributed by atoms with Crippen molar-refractivity contribution in [3.8, 4) is 0 Å². The van der Waals surface area contributed by atoms with Crippen molar-refractivity contribution in [2.45, 2.75) is 50.7 Å². The molecule has 1 aliphatic carbocycles. The third-order valence-electron chi connectivity index (χ3n) is 4.65. The van der Waals surface area contributed by atoms with Gasteiger partial charge >= 0.3 is 0 Å². The first-order chi connectivity index (χ1) is 10.2. The number of hydrogen-bond donors (Lipinski definition) is 2. The van der Waals surface area contributed by atoms with E-state index in [4.69, 9.17) is 0 Å². The SMILES string of the molecule is Cn1c(CNCC2(O)CCCCCC2)nc2ccccc21. The van der Waals surface area contributed by atoms with Crippen molar-refractivity contribution < 1.29 is 5.11 Å². The molecule has 0 aliphatic heterocycles. The van der Waals surface area contributed by atoms with Crippen LogP contribution in [0.15, 0.2) is 24.3 Å². The molecular weight excluding hydrogens is 262 g/mol. The summed E-state index contributed by atoms with van der Waals surface area (Å²) >= 11 is 0. The van der Waals surface area contributed by atoms with E-state index in [1.807, 2.05) is 25.2 Å². The lowest BCUT2D eigenvalue weighted by Gasteiger charge is -2.26. The fourth-order valence-corrected chi connectivity index (χ4v) is 3.32. The van der Waals surface area contributed by atoms with Gasteiger partial charge in [-0.2, -0.15) is 0 Å². The van der Waals surface area contributed by atoms with E-state index >= 15 is 0 Å². The first-order valence-corrected chi connectivity index (χ1v) is 8.01. The predicted octanol–water partition coefficient (Wildman–Crippen LogP) is 2.75. The summed E-state index contributed by atoms with van der Waals surface area (Å²) in [5.74, 6) is 1.02. The molecule has 2 N–H and O–H groups in total. The van der Waals surface area contributed by atoms with E-state index in [9.17, 15) is 5.11 Å². The van der Waals surface area contributed by atoms with Gasteiger partial charge in [0.05, 0.1) is 23.2 Å². The lowest BCUT2D eigenvalue weighted by atomic mass is 9.94. The number of benzene rings is 1. The van der Waals surface area contributed by atoms with Crippen LogP contribution >= 0.6 is 0 Å². The number of aliphatic hydroxyl groups is 1. The van der Waals surface area contributed by atoms with Gasteiger partial charge in [0, 0.05) is 13.6 Å². The first kappa shape index (κ1) is 14.5. The molecule has 0 spiro atoms. The fourth-order valence-electron chi connectivity index (χ4n) is 3.32. The average Bonchev–Trinajstić information content (AvgIpc) is 2.66. The Morgan fingerprint density at radius 1 is 1.19 bits per heavy atom. The van der Waals surface area contributed by atoms with Crippen molar-refractivity contribution in [1.29, 1.82) is 0 Å². The highest BCUT2D eigenvalue weighted by atomic mass is 16.3. The molecule has 3 rings (SSSR count). The van der Waals surface area contributed by atoms with Crippen LogP contribution in [-0.2, 0) is 13.6 Å². The van der Waals surface area contributed by atoms with E-state index in [0.717, 1.165) is 42.5 Å². The normalized spacial score (nSPS) is 18.8. The Bertz CT molecular complexity index is 597. The number of hydrogen-bond acceptors (Lipinski definition) is 3. The zero-order chi connectivity index (χ0) is 14.7. The average molecular weight is 287 g/mol. The van der Waals surface area contributed by atoms with Gasteiger partial charge in [-0.05, 0) is 25.0 Å². The van der Waals surface area contributed by atoms with Crippen LogP contribution in [0.4, 0.5) is 0 Å². The Morgan fingerprint density at radius 2 is 1.90 bits per heavy atom. The Hall–Kier alpha value is -1.39. The van der Waals surface area contributed by atoms with Crippen molar-refractivity contribution in [3.63, 3.8) is 0 Å². The molecule has 1 aliphatic rings. The van der Waals surface area contributed by atoms with Gasteiger partial charge < -0.3 is 15.0 Å². The van der Waals surface area contributed by atoms with Crippen LogP contribution in [0.3, 0.4) is 0 Å². The van der Waals surface area contributed by atoms with Crippen LogP contribution in [-0.4, -0.2) is 26.8 Å². The minimum Gasteiger partial charge on any atom is -0.389 e. The third kappa shape index (κ3) is 3.27. The summed E-state index contributed by atoms with van der Waals surface area (Å²) in [4.78, 5) is 4.65. The topological polar surface area (TPSA) is 50.1 Å². The summed E-state index contributed by atoms with van der Waals surface area (Å²) in [6.07, 6.45) is 6.64. The highest BCUT2D eigenvalue weighted by Gasteiger charge is 2.27. The molecule has 21 heavy (non-hydrogen) atoms. The zero-order valence-electron chi connectivity index (χ0n) is 12.8. The Balaban J connectivity index is 1.62. The number of aromatic nitrogens is 2. The van der Waals surface area contributed by atoms with Crippen LogP contribution < -0.4 is 5.32 Å². The Morgan fingerprint density at radius 3 is 2.62 bits per heavy atom. The quantitative estimate of drug-likeness (QED) is 0.850. The maximum Gasteiger partial charge on any atom is 0.123 e. The van der Waals surface area contributed by atoms with Crippen molar-refractivity contribution >= 4 is 11.0 Å². The Labute approximate surface area is 126 Å². The van der Waals surface area contributed by atoms with Gasteiger partial charge in [0.15, 0.2) is 0 Å². The molecular formula is C17H25N3O. The highest BCUT2D eigenvalue weighted by molar-refractivity contribution is 5.75. The summed E-state index contributed by atoms with van der Waals surface area (Å²) in [5, 5.41) is 14.1. The number of nitrogens with one attached hydrogen (secondary N) is 1. The molecule has 2 aromatic rings. The van der Waals surface area contributed by atoms with E-state index < -0.39 is 5.60 Å². The standard InChI is InChI=1S/C17H25N3O/c1-20-15-9-5-4-8-14(15)19-16(20)12-18-13-17(21)10-6-2-3-7-11-17/h4-5,8-9,18,21H,2-3,6-7,10-13H2,1H3. The number of imidazole rings is 1. The van der Waals surface area contributed by atoms with E-state index in [0.29, 0.717) is 13.1 Å². The number of rotatable bonds is 4. The fraction of sp³-hybridized carbons (Fsp3) is 0.588. The van der Waals surface area contributed by atoms with Gasteiger partial charge in [-0.1, -0.05) is 37.8 Å². The molecule has 0 bridgehead atoms. The Kier molecular flexibility index (Phi) is 4.27. The van der Waals surface area contributed by atoms with Crippen molar-refractivity contribution in [1.82, 2.24) is 14.9 Å². The summed E-state index contributed by atoms with van der Waals surface area (Å²) in [6.45, 7) is 1.36. The second-order valence-corrected chi connectivity index (χ2v) is 6.32. The van der Waals surface area contributed by atoms with Crippen molar-refractivity contribution in [2.75, 3.05) is 6.54 Å². The minimum absolute atomic E-state index is 0.527. The van der Waals surface area contributed by atoms with E-state index in [-0.39, 0.29) is 0 Å². The summed E-state index contributed by atoms with van der Waals surface area (Å²) in [7, 11) is 2.05. The highest BCUT2D eigenvalue weighted by Crippen LogP contribution is 2.26. The molecule has 0 unspecified atom stereocenters. The summed E-state index contributed by atoms with van der Waals surface area (Å²) in [5.41, 5.74) is 1.66. The largest absolute Gasteiger partial charge is 0.389 e. The van der Waals surface area contributed by atoms with E-state index in [1.165, 1.54) is 12.8 Å². The second-order valence-electron chi connectivity index (χ2n) is 6.32. The van der Waals surface area contributed by atoms with Gasteiger partial charge in [-0.15, -0.1) is 0 Å². The molecule has 1 saturated carbocycles. The van der Waals surface area contributed by atoms with Crippen LogP contribution in [0.5, 0.6) is 0 Å². The van der Waals surface area contributed by atoms with Gasteiger partial charge in [0.2, 0.25) is 0 Å². The number of fused-ring (bicyclic) bond motifs is 1. The molecule has 0 saturated heterocycles. The number of nitrogens with zero attached hydrogens (tertiary/aromatic N) is 2. The number of para-hydroxylation sites is 2. The van der Waals surface area contributed by atoms with Gasteiger partial charge in [-0.25, -0.2) is 4.98 Å². The smallest absolute Gasteiger partial charge is 0.123 e. The van der Waals surface area contributed by atoms with Gasteiger partial charge in [0.1, 0.15) is 5.82 Å². The molecule has 1 aromatic heterocycles. The monoisotopic (exact) mass is 287 g/mol. The number of aryl methyl sites for hydroxylation is 1. The zero-order valence-corrected chi connectivity index (χ0v) is 12.8. The maximum atomic E-state index is 10.6. The summed E-state index contributed by atoms with van der Waals surface area (Å²) < 4.78 is 2.12. The van der Waals surface area contributed by atoms with Gasteiger partial charge in [0.25, 0.3) is 0 Å². The molecule has 1 heterocycles. The molecule has 0 amide bonds. The van der Waals surface area contributed by atoms with Crippen LogP contribution in [0, 0.1) is 0 Å². The molecule has 0 radical (unpaired) electrons. The first-order valence-electron chi connectivity index (χ1n) is 8.01. The second kappa shape index (κ2) is 6.16. The van der Waals surface area contributed by atoms with E-state index in [1.54, 1.807) is 0 Å². The maximum absolute atomic E-state index is 10.6. The molecule has 4 heteroatoms. The van der Waals surface area contributed by atoms with E-state index in [2.05, 4.69) is 20.9 Å². The van der Waals surface area contributed by atoms with Crippen molar-refractivity contribution in [3.05, 3.63) is 30.1 Å². The van der Waals surface area contributed by atoms with Gasteiger partial charge in [-0.3, -0.25) is 0 Å². The van der Waals surface area contributed by atoms with Crippen LogP contribution in [0.1, 0.15) is 44.3 Å². The third-order valence-corrected chi connectivity index (χ3v) is 4.65. The summed E-state index contributed by atoms with van der Waals surface area (Å²) in [6, 6.07) is 8.18.